The molecule has 6 heteroatoms. The predicted octanol–water partition coefficient (Wildman–Crippen LogP) is 3.12. The summed E-state index contributed by atoms with van der Waals surface area (Å²) in [5.74, 6) is -0.563. The Kier molecular flexibility index (Phi) is 4.29. The maximum absolute atomic E-state index is 13.3. The van der Waals surface area contributed by atoms with Gasteiger partial charge >= 0.3 is 0 Å². The Morgan fingerprint density at radius 1 is 1.25 bits per heavy atom. The van der Waals surface area contributed by atoms with E-state index in [1.54, 1.807) is 12.3 Å². The number of aromatic nitrogens is 3. The Labute approximate surface area is 139 Å². The molecule has 2 heterocycles. The Balaban J connectivity index is 1.98. The zero-order valence-corrected chi connectivity index (χ0v) is 13.7. The summed E-state index contributed by atoms with van der Waals surface area (Å²) >= 11 is 0. The highest BCUT2D eigenvalue weighted by Crippen LogP contribution is 2.27. The maximum Gasteiger partial charge on any atom is 0.217 e. The van der Waals surface area contributed by atoms with Gasteiger partial charge in [0.25, 0.3) is 0 Å². The number of amides is 1. The van der Waals surface area contributed by atoms with E-state index in [9.17, 15) is 9.18 Å². The minimum absolute atomic E-state index is 0.253. The van der Waals surface area contributed by atoms with Crippen LogP contribution in [0.4, 0.5) is 4.39 Å². The number of pyridine rings is 1. The van der Waals surface area contributed by atoms with Crippen molar-refractivity contribution in [3.8, 4) is 11.3 Å². The van der Waals surface area contributed by atoms with E-state index in [0.717, 1.165) is 33.4 Å². The molecule has 0 atom stereocenters. The molecule has 1 amide bonds. The smallest absolute Gasteiger partial charge is 0.217 e. The second-order valence-electron chi connectivity index (χ2n) is 5.96. The topological polar surface area (TPSA) is 73.8 Å². The van der Waals surface area contributed by atoms with Crippen LogP contribution in [0.2, 0.25) is 0 Å². The molecule has 0 bridgehead atoms. The fourth-order valence-electron chi connectivity index (χ4n) is 2.92. The van der Waals surface area contributed by atoms with Crippen molar-refractivity contribution in [1.29, 1.82) is 0 Å². The molecule has 0 radical (unpaired) electrons. The third-order valence-corrected chi connectivity index (χ3v) is 4.05. The molecule has 0 saturated heterocycles. The van der Waals surface area contributed by atoms with Gasteiger partial charge in [-0.3, -0.25) is 9.48 Å². The monoisotopic (exact) mass is 326 g/mol. The minimum atomic E-state index is -0.310. The number of hydrogen-bond donors (Lipinski definition) is 1. The van der Waals surface area contributed by atoms with E-state index in [4.69, 9.17) is 5.73 Å². The molecule has 0 fully saturated rings. The molecule has 0 saturated carbocycles. The number of nitrogens with two attached hydrogens (primary N) is 1. The summed E-state index contributed by atoms with van der Waals surface area (Å²) in [6, 6.07) is 6.67. The Bertz CT molecular complexity index is 917. The van der Waals surface area contributed by atoms with E-state index in [1.807, 2.05) is 24.6 Å². The number of fused-ring (bicyclic) bond motifs is 1. The van der Waals surface area contributed by atoms with Crippen molar-refractivity contribution in [2.45, 2.75) is 33.2 Å². The van der Waals surface area contributed by atoms with Gasteiger partial charge in [-0.2, -0.15) is 5.10 Å². The number of halogens is 1. The van der Waals surface area contributed by atoms with Gasteiger partial charge in [-0.05, 0) is 55.7 Å². The Hall–Kier alpha value is -2.76. The summed E-state index contributed by atoms with van der Waals surface area (Å²) in [7, 11) is 0. The van der Waals surface area contributed by atoms with Gasteiger partial charge in [0.15, 0.2) is 0 Å². The first-order valence-electron chi connectivity index (χ1n) is 7.83. The lowest BCUT2D eigenvalue weighted by molar-refractivity contribution is -0.118. The molecule has 0 spiro atoms. The second kappa shape index (κ2) is 6.39. The molecule has 2 aromatic heterocycles. The average Bonchev–Trinajstić information content (AvgIpc) is 2.90. The van der Waals surface area contributed by atoms with Crippen LogP contribution in [-0.2, 0) is 11.3 Å². The van der Waals surface area contributed by atoms with E-state index in [1.165, 1.54) is 12.1 Å². The number of rotatable bonds is 5. The molecule has 5 nitrogen and oxygen atoms in total. The Morgan fingerprint density at radius 2 is 2.04 bits per heavy atom. The van der Waals surface area contributed by atoms with Gasteiger partial charge in [-0.15, -0.1) is 0 Å². The van der Waals surface area contributed by atoms with Gasteiger partial charge < -0.3 is 5.73 Å². The number of aryl methyl sites for hydroxylation is 3. The lowest BCUT2D eigenvalue weighted by atomic mass is 10.0. The SMILES string of the molecule is Cc1cc(F)ccc1-c1cc(C)c2c(cnn2CCCC(N)=O)n1. The lowest BCUT2D eigenvalue weighted by Crippen LogP contribution is -2.12. The number of benzene rings is 1. The highest BCUT2D eigenvalue weighted by atomic mass is 19.1. The van der Waals surface area contributed by atoms with E-state index in [-0.39, 0.29) is 11.7 Å². The van der Waals surface area contributed by atoms with Crippen LogP contribution < -0.4 is 5.73 Å². The normalized spacial score (nSPS) is 11.1. The van der Waals surface area contributed by atoms with Crippen LogP contribution in [0.25, 0.3) is 22.3 Å². The number of primary amides is 1. The van der Waals surface area contributed by atoms with Gasteiger partial charge in [0.05, 0.1) is 17.4 Å². The largest absolute Gasteiger partial charge is 0.370 e. The van der Waals surface area contributed by atoms with Gasteiger partial charge in [0.1, 0.15) is 11.3 Å². The van der Waals surface area contributed by atoms with Crippen molar-refractivity contribution in [1.82, 2.24) is 14.8 Å². The molecule has 0 aliphatic heterocycles. The Morgan fingerprint density at radius 3 is 2.75 bits per heavy atom. The highest BCUT2D eigenvalue weighted by Gasteiger charge is 2.12. The summed E-state index contributed by atoms with van der Waals surface area (Å²) < 4.78 is 15.2. The van der Waals surface area contributed by atoms with Crippen molar-refractivity contribution in [2.75, 3.05) is 0 Å². The molecule has 1 aromatic carbocycles. The predicted molar refractivity (Wildman–Crippen MR) is 90.8 cm³/mol. The molecular weight excluding hydrogens is 307 g/mol. The van der Waals surface area contributed by atoms with E-state index >= 15 is 0 Å². The fourth-order valence-corrected chi connectivity index (χ4v) is 2.92. The molecule has 0 aliphatic carbocycles. The lowest BCUT2D eigenvalue weighted by Gasteiger charge is -2.09. The third-order valence-electron chi connectivity index (χ3n) is 4.05. The van der Waals surface area contributed by atoms with Crippen LogP contribution in [0.15, 0.2) is 30.5 Å². The molecule has 24 heavy (non-hydrogen) atoms. The summed E-state index contributed by atoms with van der Waals surface area (Å²) in [6.45, 7) is 4.48. The van der Waals surface area contributed by atoms with E-state index in [2.05, 4.69) is 10.1 Å². The van der Waals surface area contributed by atoms with Crippen molar-refractivity contribution >= 4 is 16.9 Å². The van der Waals surface area contributed by atoms with Gasteiger partial charge in [-0.25, -0.2) is 9.37 Å². The molecule has 124 valence electrons. The van der Waals surface area contributed by atoms with Crippen LogP contribution in [-0.4, -0.2) is 20.7 Å². The van der Waals surface area contributed by atoms with Crippen LogP contribution >= 0.6 is 0 Å². The van der Waals surface area contributed by atoms with Crippen LogP contribution in [0.3, 0.4) is 0 Å². The van der Waals surface area contributed by atoms with Crippen molar-refractivity contribution in [3.05, 3.63) is 47.4 Å². The van der Waals surface area contributed by atoms with Crippen molar-refractivity contribution in [2.24, 2.45) is 5.73 Å². The fraction of sp³-hybridized carbons (Fsp3) is 0.278. The minimum Gasteiger partial charge on any atom is -0.370 e. The van der Waals surface area contributed by atoms with Gasteiger partial charge in [0.2, 0.25) is 5.91 Å². The zero-order valence-electron chi connectivity index (χ0n) is 13.7. The second-order valence-corrected chi connectivity index (χ2v) is 5.96. The number of nitrogens with zero attached hydrogens (tertiary/aromatic N) is 3. The molecular formula is C18H19FN4O. The summed E-state index contributed by atoms with van der Waals surface area (Å²) in [6.07, 6.45) is 2.69. The van der Waals surface area contributed by atoms with E-state index < -0.39 is 0 Å². The average molecular weight is 326 g/mol. The number of carbonyl (C=O) groups is 1. The summed E-state index contributed by atoms with van der Waals surface area (Å²) in [5, 5.41) is 4.37. The van der Waals surface area contributed by atoms with Gasteiger partial charge in [-0.1, -0.05) is 0 Å². The molecule has 0 unspecified atom stereocenters. The maximum atomic E-state index is 13.3. The van der Waals surface area contributed by atoms with Crippen LogP contribution in [0.5, 0.6) is 0 Å². The van der Waals surface area contributed by atoms with E-state index in [0.29, 0.717) is 19.4 Å². The quantitative estimate of drug-likeness (QED) is 0.783. The first-order valence-corrected chi connectivity index (χ1v) is 7.83. The third kappa shape index (κ3) is 3.13. The van der Waals surface area contributed by atoms with Crippen LogP contribution in [0, 0.1) is 19.7 Å². The standard InChI is InChI=1S/C18H19FN4O/c1-11-8-13(19)5-6-14(11)15-9-12(2)18-16(22-15)10-21-23(18)7-3-4-17(20)24/h5-6,8-10H,3-4,7H2,1-2H3,(H2,20,24). The van der Waals surface area contributed by atoms with Crippen LogP contribution in [0.1, 0.15) is 24.0 Å². The molecule has 0 aliphatic rings. The molecule has 3 rings (SSSR count). The van der Waals surface area contributed by atoms with Crippen molar-refractivity contribution in [3.63, 3.8) is 0 Å². The highest BCUT2D eigenvalue weighted by molar-refractivity contribution is 5.82. The summed E-state index contributed by atoms with van der Waals surface area (Å²) in [4.78, 5) is 15.5. The first kappa shape index (κ1) is 16.1. The zero-order chi connectivity index (χ0) is 17.3. The number of hydrogen-bond acceptors (Lipinski definition) is 3. The summed E-state index contributed by atoms with van der Waals surface area (Å²) in [5.41, 5.74) is 10.5. The first-order chi connectivity index (χ1) is 11.5. The molecule has 2 N–H and O–H groups in total. The number of carbonyl (C=O) groups excluding carboxylic acids is 1. The molecule has 3 aromatic rings. The van der Waals surface area contributed by atoms with Gasteiger partial charge in [0, 0.05) is 18.5 Å². The van der Waals surface area contributed by atoms with Crippen molar-refractivity contribution < 1.29 is 9.18 Å².